The maximum Gasteiger partial charge on any atom is 0.338 e. The van der Waals surface area contributed by atoms with Crippen molar-refractivity contribution in [3.05, 3.63) is 59.7 Å². The minimum absolute atomic E-state index is 0.109. The van der Waals surface area contributed by atoms with Gasteiger partial charge in [-0.1, -0.05) is 36.4 Å². The molecule has 0 bridgehead atoms. The molecule has 7 heteroatoms. The third-order valence-corrected chi connectivity index (χ3v) is 3.48. The van der Waals surface area contributed by atoms with Crippen LogP contribution in [0.25, 0.3) is 6.08 Å². The van der Waals surface area contributed by atoms with Gasteiger partial charge in [-0.15, -0.1) is 0 Å². The Hall–Kier alpha value is -3.48. The van der Waals surface area contributed by atoms with E-state index in [9.17, 15) is 9.59 Å². The van der Waals surface area contributed by atoms with Gasteiger partial charge in [-0.05, 0) is 23.8 Å². The fraction of sp³-hybridized carbons (Fsp3) is 0.200. The number of rotatable bonds is 9. The monoisotopic (exact) mass is 371 g/mol. The Balaban J connectivity index is 2.08. The highest BCUT2D eigenvalue weighted by Crippen LogP contribution is 2.38. The summed E-state index contributed by atoms with van der Waals surface area (Å²) >= 11 is 0. The summed E-state index contributed by atoms with van der Waals surface area (Å²) in [5, 5.41) is 0. The lowest BCUT2D eigenvalue weighted by atomic mass is 10.2. The number of benzene rings is 2. The van der Waals surface area contributed by atoms with E-state index >= 15 is 0 Å². The molecular weight excluding hydrogens is 350 g/mol. The van der Waals surface area contributed by atoms with Crippen molar-refractivity contribution in [3.8, 4) is 17.2 Å². The second-order valence-corrected chi connectivity index (χ2v) is 5.38. The normalized spacial score (nSPS) is 10.4. The maximum absolute atomic E-state index is 12.3. The largest absolute Gasteiger partial charge is 0.493 e. The SMILES string of the molecule is COc1cc(C(=O)OC/C=C/c2ccccc2)cc(OC)c1OCC(N)=O. The number of hydrogen-bond donors (Lipinski definition) is 1. The van der Waals surface area contributed by atoms with E-state index in [1.165, 1.54) is 26.4 Å². The Kier molecular flexibility index (Phi) is 7.25. The predicted octanol–water partition coefficient (Wildman–Crippen LogP) is 2.44. The molecule has 2 aromatic rings. The van der Waals surface area contributed by atoms with Crippen LogP contribution < -0.4 is 19.9 Å². The van der Waals surface area contributed by atoms with Gasteiger partial charge in [-0.25, -0.2) is 4.79 Å². The number of primary amides is 1. The Morgan fingerprint density at radius 1 is 1.04 bits per heavy atom. The van der Waals surface area contributed by atoms with E-state index in [-0.39, 0.29) is 36.0 Å². The summed E-state index contributed by atoms with van der Waals surface area (Å²) in [6, 6.07) is 12.6. The fourth-order valence-electron chi connectivity index (χ4n) is 2.24. The Morgan fingerprint density at radius 3 is 2.22 bits per heavy atom. The number of amides is 1. The highest BCUT2D eigenvalue weighted by Gasteiger charge is 2.19. The molecule has 0 spiro atoms. The predicted molar refractivity (Wildman–Crippen MR) is 100.0 cm³/mol. The molecule has 1 amide bonds. The molecule has 0 atom stereocenters. The molecule has 27 heavy (non-hydrogen) atoms. The first-order chi connectivity index (χ1) is 13.0. The average molecular weight is 371 g/mol. The summed E-state index contributed by atoms with van der Waals surface area (Å²) in [4.78, 5) is 23.2. The van der Waals surface area contributed by atoms with Crippen LogP contribution in [0.15, 0.2) is 48.5 Å². The van der Waals surface area contributed by atoms with Crippen LogP contribution in [0.4, 0.5) is 0 Å². The van der Waals surface area contributed by atoms with Gasteiger partial charge in [-0.2, -0.15) is 0 Å². The molecule has 0 aliphatic rings. The van der Waals surface area contributed by atoms with Crippen LogP contribution in [0.3, 0.4) is 0 Å². The quantitative estimate of drug-likeness (QED) is 0.680. The van der Waals surface area contributed by atoms with Crippen molar-refractivity contribution in [1.82, 2.24) is 0 Å². The standard InChI is InChI=1S/C20H21NO6/c1-24-16-11-15(12-17(25-2)19(16)27-13-18(21)22)20(23)26-10-6-9-14-7-4-3-5-8-14/h3-9,11-12H,10,13H2,1-2H3,(H2,21,22)/b9-6+. The number of carbonyl (C=O) groups is 2. The molecule has 2 aromatic carbocycles. The number of esters is 1. The molecule has 0 aliphatic heterocycles. The smallest absolute Gasteiger partial charge is 0.338 e. The molecule has 0 fully saturated rings. The van der Waals surface area contributed by atoms with Crippen LogP contribution in [-0.2, 0) is 9.53 Å². The van der Waals surface area contributed by atoms with Gasteiger partial charge in [0, 0.05) is 0 Å². The minimum Gasteiger partial charge on any atom is -0.493 e. The summed E-state index contributed by atoms with van der Waals surface area (Å²) in [6.07, 6.45) is 3.60. The summed E-state index contributed by atoms with van der Waals surface area (Å²) in [5.41, 5.74) is 6.32. The zero-order valence-electron chi connectivity index (χ0n) is 15.1. The van der Waals surface area contributed by atoms with Gasteiger partial charge in [0.25, 0.3) is 5.91 Å². The van der Waals surface area contributed by atoms with Crippen LogP contribution in [0.2, 0.25) is 0 Å². The Bertz CT molecular complexity index is 791. The van der Waals surface area contributed by atoms with Gasteiger partial charge in [0.15, 0.2) is 18.1 Å². The lowest BCUT2D eigenvalue weighted by Gasteiger charge is -2.15. The molecule has 0 radical (unpaired) electrons. The van der Waals surface area contributed by atoms with Crippen LogP contribution in [0.1, 0.15) is 15.9 Å². The van der Waals surface area contributed by atoms with Crippen molar-refractivity contribution >= 4 is 18.0 Å². The lowest BCUT2D eigenvalue weighted by Crippen LogP contribution is -2.20. The van der Waals surface area contributed by atoms with Gasteiger partial charge < -0.3 is 24.7 Å². The Morgan fingerprint density at radius 2 is 1.67 bits per heavy atom. The Labute approximate surface area is 157 Å². The van der Waals surface area contributed by atoms with E-state index in [0.29, 0.717) is 0 Å². The van der Waals surface area contributed by atoms with Crippen molar-refractivity contribution in [2.75, 3.05) is 27.4 Å². The average Bonchev–Trinajstić information content (AvgIpc) is 2.69. The summed E-state index contributed by atoms with van der Waals surface area (Å²) in [5.74, 6) is -0.567. The molecule has 2 N–H and O–H groups in total. The first-order valence-corrected chi connectivity index (χ1v) is 8.11. The summed E-state index contributed by atoms with van der Waals surface area (Å²) in [7, 11) is 2.81. The van der Waals surface area contributed by atoms with E-state index in [1.807, 2.05) is 36.4 Å². The van der Waals surface area contributed by atoms with Crippen molar-refractivity contribution in [2.24, 2.45) is 5.73 Å². The van der Waals surface area contributed by atoms with Gasteiger partial charge in [0.1, 0.15) is 6.61 Å². The van der Waals surface area contributed by atoms with Gasteiger partial charge in [-0.3, -0.25) is 4.79 Å². The molecular formula is C20H21NO6. The van der Waals surface area contributed by atoms with Gasteiger partial charge in [0.05, 0.1) is 19.8 Å². The molecule has 0 aliphatic carbocycles. The van der Waals surface area contributed by atoms with E-state index in [2.05, 4.69) is 0 Å². The molecule has 7 nitrogen and oxygen atoms in total. The van der Waals surface area contributed by atoms with Crippen LogP contribution >= 0.6 is 0 Å². The third-order valence-electron chi connectivity index (χ3n) is 3.48. The second kappa shape index (κ2) is 9.86. The number of carbonyl (C=O) groups excluding carboxylic acids is 2. The maximum atomic E-state index is 12.3. The minimum atomic E-state index is -0.646. The molecule has 2 rings (SSSR count). The molecule has 0 unspecified atom stereocenters. The molecule has 0 saturated carbocycles. The summed E-state index contributed by atoms with van der Waals surface area (Å²) < 4.78 is 21.0. The fourth-order valence-corrected chi connectivity index (χ4v) is 2.24. The van der Waals surface area contributed by atoms with E-state index < -0.39 is 11.9 Å². The number of hydrogen-bond acceptors (Lipinski definition) is 6. The summed E-state index contributed by atoms with van der Waals surface area (Å²) in [6.45, 7) is -0.237. The van der Waals surface area contributed by atoms with E-state index in [1.54, 1.807) is 6.08 Å². The van der Waals surface area contributed by atoms with Crippen molar-refractivity contribution in [1.29, 1.82) is 0 Å². The number of ether oxygens (including phenoxy) is 4. The zero-order valence-corrected chi connectivity index (χ0v) is 15.1. The van der Waals surface area contributed by atoms with Crippen molar-refractivity contribution in [2.45, 2.75) is 0 Å². The number of nitrogens with two attached hydrogens (primary N) is 1. The third kappa shape index (κ3) is 5.78. The molecule has 142 valence electrons. The topological polar surface area (TPSA) is 97.1 Å². The highest BCUT2D eigenvalue weighted by molar-refractivity contribution is 5.91. The van der Waals surface area contributed by atoms with Crippen molar-refractivity contribution in [3.63, 3.8) is 0 Å². The van der Waals surface area contributed by atoms with Gasteiger partial charge >= 0.3 is 5.97 Å². The highest BCUT2D eigenvalue weighted by atomic mass is 16.5. The second-order valence-electron chi connectivity index (χ2n) is 5.38. The van der Waals surface area contributed by atoms with E-state index in [4.69, 9.17) is 24.7 Å². The molecule has 0 heterocycles. The first kappa shape index (κ1) is 19.8. The lowest BCUT2D eigenvalue weighted by molar-refractivity contribution is -0.120. The van der Waals surface area contributed by atoms with Crippen LogP contribution in [0.5, 0.6) is 17.2 Å². The molecule has 0 aromatic heterocycles. The zero-order chi connectivity index (χ0) is 19.6. The first-order valence-electron chi connectivity index (χ1n) is 8.11. The van der Waals surface area contributed by atoms with Crippen LogP contribution in [-0.4, -0.2) is 39.3 Å². The number of methoxy groups -OCH3 is 2. The van der Waals surface area contributed by atoms with Gasteiger partial charge in [0.2, 0.25) is 5.75 Å². The molecule has 0 saturated heterocycles. The van der Waals surface area contributed by atoms with Crippen LogP contribution in [0, 0.1) is 0 Å². The van der Waals surface area contributed by atoms with E-state index in [0.717, 1.165) is 5.56 Å². The van der Waals surface area contributed by atoms with Crippen molar-refractivity contribution < 1.29 is 28.5 Å².